The normalized spacial score (nSPS) is 16.0. The number of hydrogen-bond donors (Lipinski definition) is 2. The first-order chi connectivity index (χ1) is 9.81. The fourth-order valence-electron chi connectivity index (χ4n) is 2.46. The van der Waals surface area contributed by atoms with Crippen molar-refractivity contribution in [2.45, 2.75) is 45.1 Å². The van der Waals surface area contributed by atoms with Crippen LogP contribution < -0.4 is 5.32 Å². The Hall–Kier alpha value is -2.12. The fraction of sp³-hybridized carbons (Fsp3) is 0.692. The van der Waals surface area contributed by atoms with E-state index in [1.807, 2.05) is 13.8 Å². The third kappa shape index (κ3) is 3.32. The number of carbonyl (C=O) groups is 1. The maximum atomic E-state index is 11.3. The molecule has 0 saturated heterocycles. The summed E-state index contributed by atoms with van der Waals surface area (Å²) in [6.07, 6.45) is 1.85. The number of nitrogens with zero attached hydrogens (tertiary/aromatic N) is 3. The number of aliphatic carboxylic acids is 1. The average Bonchev–Trinajstić information content (AvgIpc) is 3.13. The zero-order valence-electron chi connectivity index (χ0n) is 12.4. The highest BCUT2D eigenvalue weighted by atomic mass is 16.6. The van der Waals surface area contributed by atoms with Crippen LogP contribution >= 0.6 is 0 Å². The number of nitrogens with one attached hydrogen (secondary N) is 1. The molecule has 1 aromatic heterocycles. The quantitative estimate of drug-likeness (QED) is 0.589. The zero-order chi connectivity index (χ0) is 15.7. The van der Waals surface area contributed by atoms with Crippen molar-refractivity contribution in [1.82, 2.24) is 9.78 Å². The SMILES string of the molecule is CC(C)c1nn(C)c(NC(CC(=O)O)C2CC2)c1[N+](=O)[O-]. The van der Waals surface area contributed by atoms with Crippen molar-refractivity contribution in [3.8, 4) is 0 Å². The minimum Gasteiger partial charge on any atom is -0.481 e. The van der Waals surface area contributed by atoms with Crippen LogP contribution in [-0.2, 0) is 11.8 Å². The lowest BCUT2D eigenvalue weighted by atomic mass is 10.1. The monoisotopic (exact) mass is 296 g/mol. The number of aryl methyl sites for hydroxylation is 1. The Kier molecular flexibility index (Phi) is 4.15. The summed E-state index contributed by atoms with van der Waals surface area (Å²) in [4.78, 5) is 21.8. The van der Waals surface area contributed by atoms with Crippen molar-refractivity contribution in [3.63, 3.8) is 0 Å². The molecule has 0 radical (unpaired) electrons. The molecule has 1 aromatic rings. The van der Waals surface area contributed by atoms with Gasteiger partial charge < -0.3 is 10.4 Å². The van der Waals surface area contributed by atoms with Crippen molar-refractivity contribution in [1.29, 1.82) is 0 Å². The summed E-state index contributed by atoms with van der Waals surface area (Å²) in [6, 6.07) is -0.295. The number of hydrogen-bond acceptors (Lipinski definition) is 5. The standard InChI is InChI=1S/C13H20N4O4/c1-7(2)11-12(17(20)21)13(16(3)15-11)14-9(6-10(18)19)8-4-5-8/h7-9,14H,4-6H2,1-3H3,(H,18,19). The van der Waals surface area contributed by atoms with Crippen LogP contribution in [0.25, 0.3) is 0 Å². The number of carboxylic acids is 1. The molecule has 21 heavy (non-hydrogen) atoms. The molecule has 2 rings (SSSR count). The summed E-state index contributed by atoms with van der Waals surface area (Å²) in [7, 11) is 1.63. The number of nitro groups is 1. The summed E-state index contributed by atoms with van der Waals surface area (Å²) < 4.78 is 1.44. The number of anilines is 1. The van der Waals surface area contributed by atoms with Gasteiger partial charge in [0.05, 0.1) is 11.3 Å². The molecule has 0 aliphatic heterocycles. The molecule has 1 fully saturated rings. The van der Waals surface area contributed by atoms with E-state index in [2.05, 4.69) is 10.4 Å². The first kappa shape index (κ1) is 15.3. The Morgan fingerprint density at radius 1 is 1.57 bits per heavy atom. The molecule has 1 saturated carbocycles. The van der Waals surface area contributed by atoms with E-state index in [9.17, 15) is 14.9 Å². The van der Waals surface area contributed by atoms with Gasteiger partial charge in [0, 0.05) is 19.0 Å². The number of carboxylic acid groups (broad SMARTS) is 1. The lowest BCUT2D eigenvalue weighted by Crippen LogP contribution is -2.26. The van der Waals surface area contributed by atoms with Gasteiger partial charge in [0.1, 0.15) is 5.69 Å². The first-order valence-electron chi connectivity index (χ1n) is 7.00. The molecule has 0 spiro atoms. The smallest absolute Gasteiger partial charge is 0.334 e. The maximum Gasteiger partial charge on any atom is 0.334 e. The molecule has 1 aliphatic rings. The van der Waals surface area contributed by atoms with Crippen LogP contribution in [0.4, 0.5) is 11.5 Å². The molecule has 0 amide bonds. The molecule has 8 heteroatoms. The van der Waals surface area contributed by atoms with Crippen LogP contribution in [0.15, 0.2) is 0 Å². The summed E-state index contributed by atoms with van der Waals surface area (Å²) >= 11 is 0. The van der Waals surface area contributed by atoms with E-state index in [1.54, 1.807) is 7.05 Å². The third-order valence-electron chi connectivity index (χ3n) is 3.69. The maximum absolute atomic E-state index is 11.3. The van der Waals surface area contributed by atoms with Gasteiger partial charge in [-0.1, -0.05) is 13.8 Å². The van der Waals surface area contributed by atoms with Gasteiger partial charge >= 0.3 is 11.7 Å². The van der Waals surface area contributed by atoms with Crippen molar-refractivity contribution >= 4 is 17.5 Å². The van der Waals surface area contributed by atoms with E-state index in [-0.39, 0.29) is 30.0 Å². The van der Waals surface area contributed by atoms with Crippen LogP contribution in [0.2, 0.25) is 0 Å². The predicted molar refractivity (Wildman–Crippen MR) is 76.3 cm³/mol. The minimum absolute atomic E-state index is 0.0516. The van der Waals surface area contributed by atoms with E-state index in [4.69, 9.17) is 5.11 Å². The van der Waals surface area contributed by atoms with Gasteiger partial charge in [0.2, 0.25) is 5.82 Å². The third-order valence-corrected chi connectivity index (χ3v) is 3.69. The van der Waals surface area contributed by atoms with Crippen molar-refractivity contribution in [2.24, 2.45) is 13.0 Å². The predicted octanol–water partition coefficient (Wildman–Crippen LogP) is 2.12. The Labute approximate surface area is 122 Å². The van der Waals surface area contributed by atoms with Gasteiger partial charge in [-0.3, -0.25) is 14.9 Å². The molecule has 1 aliphatic carbocycles. The largest absolute Gasteiger partial charge is 0.481 e. The molecule has 1 unspecified atom stereocenters. The summed E-state index contributed by atoms with van der Waals surface area (Å²) in [6.45, 7) is 3.68. The van der Waals surface area contributed by atoms with Gasteiger partial charge in [-0.25, -0.2) is 4.68 Å². The van der Waals surface area contributed by atoms with Crippen molar-refractivity contribution in [3.05, 3.63) is 15.8 Å². The molecule has 0 aromatic carbocycles. The van der Waals surface area contributed by atoms with Gasteiger partial charge in [-0.05, 0) is 18.8 Å². The molecule has 0 bridgehead atoms. The minimum atomic E-state index is -0.909. The van der Waals surface area contributed by atoms with Crippen LogP contribution in [0.3, 0.4) is 0 Å². The Morgan fingerprint density at radius 2 is 2.19 bits per heavy atom. The van der Waals surface area contributed by atoms with E-state index < -0.39 is 10.9 Å². The van der Waals surface area contributed by atoms with Gasteiger partial charge in [0.25, 0.3) is 0 Å². The Morgan fingerprint density at radius 3 is 2.62 bits per heavy atom. The van der Waals surface area contributed by atoms with Gasteiger partial charge in [-0.15, -0.1) is 0 Å². The van der Waals surface area contributed by atoms with Crippen LogP contribution in [0.1, 0.15) is 44.7 Å². The molecule has 1 heterocycles. The number of rotatable bonds is 7. The second-order valence-electron chi connectivity index (χ2n) is 5.80. The van der Waals surface area contributed by atoms with Crippen LogP contribution in [0.5, 0.6) is 0 Å². The van der Waals surface area contributed by atoms with E-state index in [1.165, 1.54) is 4.68 Å². The van der Waals surface area contributed by atoms with E-state index >= 15 is 0 Å². The molecule has 8 nitrogen and oxygen atoms in total. The van der Waals surface area contributed by atoms with Gasteiger partial charge in [-0.2, -0.15) is 5.10 Å². The topological polar surface area (TPSA) is 110 Å². The number of aromatic nitrogens is 2. The first-order valence-corrected chi connectivity index (χ1v) is 7.00. The summed E-state index contributed by atoms with van der Waals surface area (Å²) in [5, 5.41) is 27.6. The Balaban J connectivity index is 2.33. The second kappa shape index (κ2) is 5.71. The summed E-state index contributed by atoms with van der Waals surface area (Å²) in [5.41, 5.74) is 0.360. The van der Waals surface area contributed by atoms with Crippen molar-refractivity contribution in [2.75, 3.05) is 5.32 Å². The highest BCUT2D eigenvalue weighted by molar-refractivity contribution is 5.69. The molecular formula is C13H20N4O4. The second-order valence-corrected chi connectivity index (χ2v) is 5.80. The summed E-state index contributed by atoms with van der Waals surface area (Å²) in [5.74, 6) is -0.431. The highest BCUT2D eigenvalue weighted by Crippen LogP contribution is 2.39. The van der Waals surface area contributed by atoms with Gasteiger partial charge in [0.15, 0.2) is 0 Å². The van der Waals surface area contributed by atoms with Crippen LogP contribution in [0, 0.1) is 16.0 Å². The lowest BCUT2D eigenvalue weighted by molar-refractivity contribution is -0.384. The van der Waals surface area contributed by atoms with Crippen LogP contribution in [-0.4, -0.2) is 31.8 Å². The molecule has 1 atom stereocenters. The Bertz CT molecular complexity index is 563. The van der Waals surface area contributed by atoms with E-state index in [0.717, 1.165) is 12.8 Å². The van der Waals surface area contributed by atoms with Crippen molar-refractivity contribution < 1.29 is 14.8 Å². The lowest BCUT2D eigenvalue weighted by Gasteiger charge is -2.16. The average molecular weight is 296 g/mol. The highest BCUT2D eigenvalue weighted by Gasteiger charge is 2.36. The molecular weight excluding hydrogens is 276 g/mol. The molecule has 2 N–H and O–H groups in total. The van der Waals surface area contributed by atoms with E-state index in [0.29, 0.717) is 11.5 Å². The fourth-order valence-corrected chi connectivity index (χ4v) is 2.46. The zero-order valence-corrected chi connectivity index (χ0v) is 12.4. The molecule has 116 valence electrons.